The number of likely N-dealkylation sites (N-methyl/N-ethyl adjacent to an activating group) is 1. The van der Waals surface area contributed by atoms with Crippen molar-refractivity contribution in [3.63, 3.8) is 0 Å². The van der Waals surface area contributed by atoms with E-state index in [1.807, 2.05) is 0 Å². The minimum Gasteiger partial charge on any atom is -0.360 e. The van der Waals surface area contributed by atoms with Crippen molar-refractivity contribution >= 4 is 29.2 Å². The topological polar surface area (TPSA) is 75.4 Å². The highest BCUT2D eigenvalue weighted by Crippen LogP contribution is 2.30. The second-order valence-corrected chi connectivity index (χ2v) is 5.39. The number of anilines is 1. The monoisotopic (exact) mass is 339 g/mol. The number of nitrogens with zero attached hydrogens (tertiary/aromatic N) is 2. The molecule has 2 amide bonds. The Morgan fingerprint density at radius 1 is 1.43 bits per heavy atom. The van der Waals surface area contributed by atoms with E-state index in [0.717, 1.165) is 4.90 Å². The summed E-state index contributed by atoms with van der Waals surface area (Å²) in [6, 6.07) is 4.32. The van der Waals surface area contributed by atoms with E-state index in [1.165, 1.54) is 38.2 Å². The van der Waals surface area contributed by atoms with Crippen LogP contribution in [-0.2, 0) is 9.59 Å². The molecule has 0 fully saturated rings. The van der Waals surface area contributed by atoms with E-state index >= 15 is 0 Å². The number of aromatic nitrogens is 1. The van der Waals surface area contributed by atoms with Crippen LogP contribution >= 0.6 is 11.6 Å². The molecule has 0 aliphatic rings. The molecule has 8 heteroatoms. The van der Waals surface area contributed by atoms with Crippen molar-refractivity contribution in [2.75, 3.05) is 12.4 Å². The third kappa shape index (κ3) is 3.68. The van der Waals surface area contributed by atoms with Crippen molar-refractivity contribution in [3.05, 3.63) is 46.4 Å². The summed E-state index contributed by atoms with van der Waals surface area (Å²) in [5.41, 5.74) is -0.0791. The zero-order valence-corrected chi connectivity index (χ0v) is 13.5. The predicted molar refractivity (Wildman–Crippen MR) is 82.5 cm³/mol. The SMILES string of the molecule is CC(=O)N(C)C(C(=O)Nc1cc(C)on1)c1c(F)cccc1Cl. The van der Waals surface area contributed by atoms with Crippen LogP contribution < -0.4 is 5.32 Å². The highest BCUT2D eigenvalue weighted by molar-refractivity contribution is 6.31. The maximum absolute atomic E-state index is 14.2. The van der Waals surface area contributed by atoms with Crippen LogP contribution in [-0.4, -0.2) is 28.9 Å². The molecular weight excluding hydrogens is 325 g/mol. The Hall–Kier alpha value is -2.41. The van der Waals surface area contributed by atoms with Gasteiger partial charge in [-0.3, -0.25) is 9.59 Å². The first-order valence-corrected chi connectivity index (χ1v) is 7.10. The average Bonchev–Trinajstić information content (AvgIpc) is 2.87. The minimum atomic E-state index is -1.24. The van der Waals surface area contributed by atoms with E-state index in [4.69, 9.17) is 16.1 Å². The molecule has 23 heavy (non-hydrogen) atoms. The number of amides is 2. The molecule has 122 valence electrons. The lowest BCUT2D eigenvalue weighted by Crippen LogP contribution is -2.38. The highest BCUT2D eigenvalue weighted by atomic mass is 35.5. The Morgan fingerprint density at radius 3 is 2.65 bits per heavy atom. The maximum atomic E-state index is 14.2. The molecule has 6 nitrogen and oxygen atoms in total. The lowest BCUT2D eigenvalue weighted by molar-refractivity contribution is -0.135. The number of hydrogen-bond donors (Lipinski definition) is 1. The summed E-state index contributed by atoms with van der Waals surface area (Å²) in [4.78, 5) is 25.4. The summed E-state index contributed by atoms with van der Waals surface area (Å²) < 4.78 is 19.1. The van der Waals surface area contributed by atoms with Crippen LogP contribution in [0.3, 0.4) is 0 Å². The highest BCUT2D eigenvalue weighted by Gasteiger charge is 2.32. The molecular formula is C15H15ClFN3O3. The van der Waals surface area contributed by atoms with Crippen molar-refractivity contribution in [1.29, 1.82) is 0 Å². The number of nitrogens with one attached hydrogen (secondary N) is 1. The maximum Gasteiger partial charge on any atom is 0.253 e. The molecule has 2 aromatic rings. The number of halogens is 2. The largest absolute Gasteiger partial charge is 0.360 e. The zero-order valence-electron chi connectivity index (χ0n) is 12.8. The molecule has 1 atom stereocenters. The summed E-state index contributed by atoms with van der Waals surface area (Å²) in [6.07, 6.45) is 0. The Morgan fingerprint density at radius 2 is 2.13 bits per heavy atom. The Balaban J connectivity index is 2.42. The first-order valence-electron chi connectivity index (χ1n) is 6.72. The molecule has 0 aliphatic heterocycles. The van der Waals surface area contributed by atoms with E-state index in [2.05, 4.69) is 10.5 Å². The summed E-state index contributed by atoms with van der Waals surface area (Å²) in [5, 5.41) is 6.18. The van der Waals surface area contributed by atoms with Crippen molar-refractivity contribution < 1.29 is 18.5 Å². The molecule has 1 unspecified atom stereocenters. The second kappa shape index (κ2) is 6.78. The number of aryl methyl sites for hydroxylation is 1. The third-order valence-corrected chi connectivity index (χ3v) is 3.61. The van der Waals surface area contributed by atoms with Gasteiger partial charge in [-0.2, -0.15) is 0 Å². The summed E-state index contributed by atoms with van der Waals surface area (Å²) in [7, 11) is 1.39. The van der Waals surface area contributed by atoms with E-state index in [0.29, 0.717) is 5.76 Å². The van der Waals surface area contributed by atoms with Gasteiger partial charge in [0.2, 0.25) is 5.91 Å². The van der Waals surface area contributed by atoms with Gasteiger partial charge in [-0.1, -0.05) is 22.8 Å². The number of rotatable bonds is 4. The Bertz CT molecular complexity index is 727. The van der Waals surface area contributed by atoms with Gasteiger partial charge in [0.1, 0.15) is 17.6 Å². The fraction of sp³-hybridized carbons (Fsp3) is 0.267. The fourth-order valence-corrected chi connectivity index (χ4v) is 2.34. The van der Waals surface area contributed by atoms with Crippen molar-refractivity contribution in [2.24, 2.45) is 0 Å². The van der Waals surface area contributed by atoms with Crippen LogP contribution in [0.5, 0.6) is 0 Å². The summed E-state index contributed by atoms with van der Waals surface area (Å²) >= 11 is 6.03. The number of benzene rings is 1. The Labute approximate surface area is 137 Å². The molecule has 0 radical (unpaired) electrons. The predicted octanol–water partition coefficient (Wildman–Crippen LogP) is 2.93. The first-order chi connectivity index (χ1) is 10.8. The molecule has 0 aliphatic carbocycles. The molecule has 2 rings (SSSR count). The van der Waals surface area contributed by atoms with Crippen LogP contribution in [0.4, 0.5) is 10.2 Å². The van der Waals surface area contributed by atoms with Crippen molar-refractivity contribution in [1.82, 2.24) is 10.1 Å². The smallest absolute Gasteiger partial charge is 0.253 e. The fourth-order valence-electron chi connectivity index (χ4n) is 2.07. The van der Waals surface area contributed by atoms with E-state index in [9.17, 15) is 14.0 Å². The van der Waals surface area contributed by atoms with E-state index in [-0.39, 0.29) is 16.4 Å². The van der Waals surface area contributed by atoms with Gasteiger partial charge in [0, 0.05) is 30.6 Å². The van der Waals surface area contributed by atoms with Crippen LogP contribution in [0.2, 0.25) is 5.02 Å². The van der Waals surface area contributed by atoms with E-state index < -0.39 is 23.7 Å². The molecule has 1 aromatic carbocycles. The molecule has 0 bridgehead atoms. The minimum absolute atomic E-state index is 0.0505. The molecule has 1 aromatic heterocycles. The van der Waals surface area contributed by atoms with Gasteiger partial charge in [0.05, 0.1) is 0 Å². The van der Waals surface area contributed by atoms with Crippen LogP contribution in [0, 0.1) is 12.7 Å². The standard InChI is InChI=1S/C15H15ClFN3O3/c1-8-7-12(19-23-8)18-15(22)14(20(3)9(2)21)13-10(16)5-4-6-11(13)17/h4-7,14H,1-3H3,(H,18,19,22). The quantitative estimate of drug-likeness (QED) is 0.929. The van der Waals surface area contributed by atoms with Crippen molar-refractivity contribution in [2.45, 2.75) is 19.9 Å². The number of carbonyl (C=O) groups is 2. The van der Waals surface area contributed by atoms with Gasteiger partial charge < -0.3 is 14.7 Å². The lowest BCUT2D eigenvalue weighted by Gasteiger charge is -2.27. The van der Waals surface area contributed by atoms with Crippen LogP contribution in [0.25, 0.3) is 0 Å². The molecule has 1 heterocycles. The molecule has 1 N–H and O–H groups in total. The van der Waals surface area contributed by atoms with Gasteiger partial charge in [0.15, 0.2) is 5.82 Å². The van der Waals surface area contributed by atoms with Crippen LogP contribution in [0.15, 0.2) is 28.8 Å². The summed E-state index contributed by atoms with van der Waals surface area (Å²) in [6.45, 7) is 2.94. The van der Waals surface area contributed by atoms with Gasteiger partial charge >= 0.3 is 0 Å². The molecule has 0 saturated heterocycles. The third-order valence-electron chi connectivity index (χ3n) is 3.28. The number of carbonyl (C=O) groups excluding carboxylic acids is 2. The second-order valence-electron chi connectivity index (χ2n) is 4.98. The molecule has 0 saturated carbocycles. The van der Waals surface area contributed by atoms with Gasteiger partial charge in [-0.25, -0.2) is 4.39 Å². The van der Waals surface area contributed by atoms with Gasteiger partial charge in [-0.05, 0) is 19.1 Å². The first kappa shape index (κ1) is 17.0. The van der Waals surface area contributed by atoms with Crippen LogP contribution in [0.1, 0.15) is 24.3 Å². The normalized spacial score (nSPS) is 11.9. The van der Waals surface area contributed by atoms with Gasteiger partial charge in [-0.15, -0.1) is 0 Å². The lowest BCUT2D eigenvalue weighted by atomic mass is 10.0. The number of hydrogen-bond acceptors (Lipinski definition) is 4. The van der Waals surface area contributed by atoms with E-state index in [1.54, 1.807) is 6.92 Å². The Kier molecular flexibility index (Phi) is 5.00. The van der Waals surface area contributed by atoms with Gasteiger partial charge in [0.25, 0.3) is 5.91 Å². The molecule has 0 spiro atoms. The summed E-state index contributed by atoms with van der Waals surface area (Å²) in [5.74, 6) is -1.08. The average molecular weight is 340 g/mol. The zero-order chi connectivity index (χ0) is 17.1. The van der Waals surface area contributed by atoms with Crippen molar-refractivity contribution in [3.8, 4) is 0 Å².